The van der Waals surface area contributed by atoms with Crippen LogP contribution in [0.3, 0.4) is 0 Å². The minimum Gasteiger partial charge on any atom is -0.481 e. The summed E-state index contributed by atoms with van der Waals surface area (Å²) in [6.07, 6.45) is 15.2. The van der Waals surface area contributed by atoms with Crippen molar-refractivity contribution in [2.24, 2.45) is 40.4 Å². The Kier molecular flexibility index (Phi) is 7.00. The molecule has 0 aromatic carbocycles. The second-order valence-corrected chi connectivity index (χ2v) is 12.1. The van der Waals surface area contributed by atoms with E-state index in [1.165, 1.54) is 6.92 Å². The standard InChI is InChI=1S/C31H42O5/c1-7-30(19(2)3,36-21(5)32)16-12-20(4)25-10-11-27-24-9-8-22-18-23(33)13-15-29(22,6)26(24)14-17-31(25,27)28(34)35/h8-9,13,15,18,20,24-27H,2,7,10-12,14,16-17H2,1,3-6H3,(H,34,35)/t20-,24-,25-,26+,27+,29+,30-,31+/m1/s1. The SMILES string of the molecule is C=C(C)[C@@](CC)(CC[C@@H](C)[C@H]1CC[C@H]2[C@@H]3C=CC4=CC(=O)C=C[C@]4(C)[C@H]3CC[C@]12C(=O)O)OC(C)=O. The van der Waals surface area contributed by atoms with Crippen LogP contribution < -0.4 is 0 Å². The first kappa shape index (κ1) is 26.6. The van der Waals surface area contributed by atoms with Gasteiger partial charge in [0.25, 0.3) is 0 Å². The molecule has 0 radical (unpaired) electrons. The monoisotopic (exact) mass is 494 g/mol. The van der Waals surface area contributed by atoms with Crippen molar-refractivity contribution in [3.63, 3.8) is 0 Å². The van der Waals surface area contributed by atoms with Gasteiger partial charge in [0.1, 0.15) is 5.60 Å². The molecule has 36 heavy (non-hydrogen) atoms. The van der Waals surface area contributed by atoms with E-state index in [1.807, 2.05) is 13.8 Å². The third kappa shape index (κ3) is 4.03. The first-order valence-corrected chi connectivity index (χ1v) is 13.6. The average Bonchev–Trinajstić information content (AvgIpc) is 3.23. The van der Waals surface area contributed by atoms with E-state index in [9.17, 15) is 19.5 Å². The van der Waals surface area contributed by atoms with E-state index in [0.717, 1.165) is 36.8 Å². The predicted octanol–water partition coefficient (Wildman–Crippen LogP) is 6.46. The smallest absolute Gasteiger partial charge is 0.310 e. The van der Waals surface area contributed by atoms with Crippen LogP contribution in [0.1, 0.15) is 79.6 Å². The fourth-order valence-electron chi connectivity index (χ4n) is 8.44. The number of ether oxygens (including phenoxy) is 1. The second-order valence-electron chi connectivity index (χ2n) is 12.1. The quantitative estimate of drug-likeness (QED) is 0.310. The van der Waals surface area contributed by atoms with Crippen LogP contribution in [0.15, 0.2) is 48.1 Å². The molecule has 5 nitrogen and oxygen atoms in total. The van der Waals surface area contributed by atoms with E-state index < -0.39 is 17.0 Å². The van der Waals surface area contributed by atoms with Gasteiger partial charge in [0.2, 0.25) is 0 Å². The Morgan fingerprint density at radius 2 is 1.94 bits per heavy atom. The third-order valence-electron chi connectivity index (χ3n) is 10.5. The average molecular weight is 495 g/mol. The number of carbonyl (C=O) groups is 3. The van der Waals surface area contributed by atoms with E-state index in [4.69, 9.17) is 4.74 Å². The number of rotatable bonds is 8. The molecule has 4 aliphatic carbocycles. The van der Waals surface area contributed by atoms with Gasteiger partial charge < -0.3 is 9.84 Å². The number of hydrogen-bond acceptors (Lipinski definition) is 4. The number of hydrogen-bond donors (Lipinski definition) is 1. The number of esters is 1. The molecule has 8 atom stereocenters. The minimum atomic E-state index is -0.740. The van der Waals surface area contributed by atoms with Crippen LogP contribution in [0.4, 0.5) is 0 Å². The van der Waals surface area contributed by atoms with Crippen LogP contribution in [0, 0.1) is 40.4 Å². The number of carboxylic acid groups (broad SMARTS) is 1. The summed E-state index contributed by atoms with van der Waals surface area (Å²) < 4.78 is 5.78. The molecule has 0 amide bonds. The van der Waals surface area contributed by atoms with Gasteiger partial charge >= 0.3 is 11.9 Å². The molecule has 0 aromatic rings. The molecule has 0 aliphatic heterocycles. The van der Waals surface area contributed by atoms with E-state index in [-0.39, 0.29) is 40.8 Å². The molecule has 0 spiro atoms. The van der Waals surface area contributed by atoms with Crippen LogP contribution in [0.2, 0.25) is 0 Å². The summed E-state index contributed by atoms with van der Waals surface area (Å²) in [7, 11) is 0. The number of fused-ring (bicyclic) bond motifs is 5. The number of carbonyl (C=O) groups excluding carboxylic acids is 2. The second kappa shape index (κ2) is 9.46. The van der Waals surface area contributed by atoms with Crippen molar-refractivity contribution in [3.8, 4) is 0 Å². The van der Waals surface area contributed by atoms with Crippen molar-refractivity contribution in [2.75, 3.05) is 0 Å². The van der Waals surface area contributed by atoms with Crippen LogP contribution >= 0.6 is 0 Å². The highest BCUT2D eigenvalue weighted by Gasteiger charge is 2.63. The van der Waals surface area contributed by atoms with E-state index in [2.05, 4.69) is 38.7 Å². The van der Waals surface area contributed by atoms with E-state index >= 15 is 0 Å². The fraction of sp³-hybridized carbons (Fsp3) is 0.645. The summed E-state index contributed by atoms with van der Waals surface area (Å²) in [4.78, 5) is 36.9. The normalized spacial score (nSPS) is 37.1. The van der Waals surface area contributed by atoms with Crippen molar-refractivity contribution in [1.29, 1.82) is 0 Å². The predicted molar refractivity (Wildman–Crippen MR) is 140 cm³/mol. The summed E-state index contributed by atoms with van der Waals surface area (Å²) in [5, 5.41) is 10.7. The third-order valence-corrected chi connectivity index (χ3v) is 10.5. The highest BCUT2D eigenvalue weighted by molar-refractivity contribution is 6.01. The van der Waals surface area contributed by atoms with Crippen LogP contribution in [-0.2, 0) is 19.1 Å². The molecule has 2 saturated carbocycles. The molecule has 5 heteroatoms. The molecule has 0 unspecified atom stereocenters. The number of carboxylic acids is 1. The van der Waals surface area contributed by atoms with E-state index in [1.54, 1.807) is 12.2 Å². The Bertz CT molecular complexity index is 1050. The Hall–Kier alpha value is -2.43. The zero-order valence-electron chi connectivity index (χ0n) is 22.5. The number of aliphatic carboxylic acids is 1. The number of allylic oxidation sites excluding steroid dienone is 6. The zero-order valence-corrected chi connectivity index (χ0v) is 22.5. The minimum absolute atomic E-state index is 0.0303. The molecule has 0 saturated heterocycles. The summed E-state index contributed by atoms with van der Waals surface area (Å²) in [6, 6.07) is 0. The summed E-state index contributed by atoms with van der Waals surface area (Å²) in [6.45, 7) is 13.9. The van der Waals surface area contributed by atoms with Gasteiger partial charge in [0.05, 0.1) is 5.41 Å². The van der Waals surface area contributed by atoms with Gasteiger partial charge in [-0.05, 0) is 105 Å². The topological polar surface area (TPSA) is 80.7 Å². The summed E-state index contributed by atoms with van der Waals surface area (Å²) >= 11 is 0. The molecule has 0 aromatic heterocycles. The van der Waals surface area contributed by atoms with Gasteiger partial charge in [-0.15, -0.1) is 0 Å². The lowest BCUT2D eigenvalue weighted by Crippen LogP contribution is -2.53. The lowest BCUT2D eigenvalue weighted by molar-refractivity contribution is -0.163. The van der Waals surface area contributed by atoms with Crippen molar-refractivity contribution in [2.45, 2.75) is 85.2 Å². The number of ketones is 1. The lowest BCUT2D eigenvalue weighted by Gasteiger charge is -2.54. The first-order valence-electron chi connectivity index (χ1n) is 13.6. The molecule has 196 valence electrons. The Labute approximate surface area is 215 Å². The van der Waals surface area contributed by atoms with Gasteiger partial charge in [-0.1, -0.05) is 45.6 Å². The highest BCUT2D eigenvalue weighted by atomic mass is 16.6. The molecule has 0 heterocycles. The molecule has 2 fully saturated rings. The van der Waals surface area contributed by atoms with Gasteiger partial charge in [-0.2, -0.15) is 0 Å². The fourth-order valence-corrected chi connectivity index (χ4v) is 8.44. The molecular weight excluding hydrogens is 452 g/mol. The maximum atomic E-state index is 13.1. The maximum Gasteiger partial charge on any atom is 0.310 e. The van der Waals surface area contributed by atoms with Crippen LogP contribution in [-0.4, -0.2) is 28.4 Å². The maximum absolute atomic E-state index is 13.1. The van der Waals surface area contributed by atoms with Crippen LogP contribution in [0.5, 0.6) is 0 Å². The highest BCUT2D eigenvalue weighted by Crippen LogP contribution is 2.66. The summed E-state index contributed by atoms with van der Waals surface area (Å²) in [5.74, 6) is -0.0682. The first-order chi connectivity index (χ1) is 16.9. The van der Waals surface area contributed by atoms with Gasteiger partial charge in [-0.25, -0.2) is 0 Å². The Morgan fingerprint density at radius 3 is 2.56 bits per heavy atom. The van der Waals surface area contributed by atoms with Crippen molar-refractivity contribution in [1.82, 2.24) is 0 Å². The molecular formula is C31H42O5. The summed E-state index contributed by atoms with van der Waals surface area (Å²) in [5.41, 5.74) is 0.251. The molecule has 0 bridgehead atoms. The molecule has 4 rings (SSSR count). The van der Waals surface area contributed by atoms with Gasteiger partial charge in [-0.3, -0.25) is 14.4 Å². The lowest BCUT2D eigenvalue weighted by atomic mass is 9.48. The van der Waals surface area contributed by atoms with Crippen molar-refractivity contribution >= 4 is 17.7 Å². The van der Waals surface area contributed by atoms with Gasteiger partial charge in [0.15, 0.2) is 5.78 Å². The largest absolute Gasteiger partial charge is 0.481 e. The zero-order chi connectivity index (χ0) is 26.5. The van der Waals surface area contributed by atoms with Crippen molar-refractivity contribution < 1.29 is 24.2 Å². The Balaban J connectivity index is 1.60. The van der Waals surface area contributed by atoms with Crippen molar-refractivity contribution in [3.05, 3.63) is 48.1 Å². The van der Waals surface area contributed by atoms with Crippen LogP contribution in [0.25, 0.3) is 0 Å². The van der Waals surface area contributed by atoms with E-state index in [0.29, 0.717) is 25.2 Å². The Morgan fingerprint density at radius 1 is 1.22 bits per heavy atom. The molecule has 4 aliphatic rings. The molecule has 1 N–H and O–H groups in total. The van der Waals surface area contributed by atoms with Gasteiger partial charge in [0, 0.05) is 12.3 Å².